The van der Waals surface area contributed by atoms with Crippen molar-refractivity contribution in [2.24, 2.45) is 5.10 Å². The normalized spacial score (nSPS) is 12.3. The number of benzene rings is 2. The van der Waals surface area contributed by atoms with Crippen molar-refractivity contribution in [2.45, 2.75) is 6.92 Å². The van der Waals surface area contributed by atoms with Gasteiger partial charge in [0.15, 0.2) is 0 Å². The summed E-state index contributed by atoms with van der Waals surface area (Å²) in [6.45, 7) is 1.91. The van der Waals surface area contributed by atoms with Crippen LogP contribution in [-0.4, -0.2) is 35.0 Å². The molecule has 0 bridgehead atoms. The minimum Gasteiger partial charge on any atom is -0.507 e. The van der Waals surface area contributed by atoms with Gasteiger partial charge in [-0.15, -0.1) is 0 Å². The van der Waals surface area contributed by atoms with E-state index in [9.17, 15) is 10.2 Å². The van der Waals surface area contributed by atoms with Crippen LogP contribution in [0.5, 0.6) is 11.5 Å². The van der Waals surface area contributed by atoms with Gasteiger partial charge >= 0.3 is 0 Å². The quantitative estimate of drug-likeness (QED) is 0.655. The monoisotopic (exact) mass is 330 g/mol. The van der Waals surface area contributed by atoms with Crippen LogP contribution in [0.2, 0.25) is 5.02 Å². The summed E-state index contributed by atoms with van der Waals surface area (Å²) in [6, 6.07) is 12.5. The second-order valence-corrected chi connectivity index (χ2v) is 5.59. The van der Waals surface area contributed by atoms with Crippen molar-refractivity contribution >= 4 is 22.9 Å². The average molecular weight is 331 g/mol. The molecule has 0 unspecified atom stereocenters. The zero-order valence-corrected chi connectivity index (χ0v) is 14.0. The molecule has 0 amide bonds. The summed E-state index contributed by atoms with van der Waals surface area (Å²) in [4.78, 5) is 0. The molecule has 120 valence electrons. The van der Waals surface area contributed by atoms with Gasteiger partial charge in [-0.1, -0.05) is 48.0 Å². The minimum absolute atomic E-state index is 0.0808. The highest BCUT2D eigenvalue weighted by atomic mass is 35.5. The largest absolute Gasteiger partial charge is 0.507 e. The smallest absolute Gasteiger partial charge is 0.137 e. The molecule has 0 saturated heterocycles. The zero-order chi connectivity index (χ0) is 17.0. The summed E-state index contributed by atoms with van der Waals surface area (Å²) in [5.74, 6) is -0.248. The first-order chi connectivity index (χ1) is 10.9. The van der Waals surface area contributed by atoms with Crippen LogP contribution in [0.25, 0.3) is 5.57 Å². The number of hydrazone groups is 1. The van der Waals surface area contributed by atoms with Crippen molar-refractivity contribution in [2.75, 3.05) is 14.1 Å². The van der Waals surface area contributed by atoms with E-state index in [1.165, 1.54) is 12.1 Å². The summed E-state index contributed by atoms with van der Waals surface area (Å²) in [5, 5.41) is 26.2. The number of hydrogen-bond acceptors (Lipinski definition) is 4. The highest BCUT2D eigenvalue weighted by molar-refractivity contribution is 6.35. The third kappa shape index (κ3) is 3.85. The van der Waals surface area contributed by atoms with Crippen LogP contribution in [0.15, 0.2) is 53.6 Å². The third-order valence-corrected chi connectivity index (χ3v) is 3.55. The number of allylic oxidation sites excluding steroid dienone is 2. The third-order valence-electron chi connectivity index (χ3n) is 3.25. The van der Waals surface area contributed by atoms with Gasteiger partial charge in [-0.2, -0.15) is 5.10 Å². The lowest BCUT2D eigenvalue weighted by molar-refractivity contribution is 0.436. The molecule has 2 N–H and O–H groups in total. The maximum Gasteiger partial charge on any atom is 0.137 e. The van der Waals surface area contributed by atoms with Gasteiger partial charge in [0.1, 0.15) is 17.2 Å². The van der Waals surface area contributed by atoms with E-state index >= 15 is 0 Å². The van der Waals surface area contributed by atoms with Crippen LogP contribution in [0.3, 0.4) is 0 Å². The first kappa shape index (κ1) is 16.9. The van der Waals surface area contributed by atoms with Crippen LogP contribution in [0.1, 0.15) is 18.1 Å². The number of rotatable bonds is 4. The summed E-state index contributed by atoms with van der Waals surface area (Å²) in [5.41, 5.74) is 2.86. The van der Waals surface area contributed by atoms with Gasteiger partial charge in [-0.25, -0.2) is 0 Å². The molecule has 0 aliphatic rings. The van der Waals surface area contributed by atoms with Crippen LogP contribution in [0, 0.1) is 0 Å². The van der Waals surface area contributed by atoms with Crippen molar-refractivity contribution < 1.29 is 10.2 Å². The Kier molecular flexibility index (Phi) is 5.29. The van der Waals surface area contributed by atoms with Gasteiger partial charge in [0, 0.05) is 31.3 Å². The fourth-order valence-corrected chi connectivity index (χ4v) is 2.41. The van der Waals surface area contributed by atoms with Crippen LogP contribution >= 0.6 is 11.6 Å². The van der Waals surface area contributed by atoms with Gasteiger partial charge in [0.2, 0.25) is 0 Å². The van der Waals surface area contributed by atoms with E-state index in [-0.39, 0.29) is 16.5 Å². The molecule has 2 rings (SSSR count). The Bertz CT molecular complexity index is 753. The topological polar surface area (TPSA) is 56.1 Å². The second-order valence-electron chi connectivity index (χ2n) is 5.18. The van der Waals surface area contributed by atoms with E-state index in [1.807, 2.05) is 43.3 Å². The Balaban J connectivity index is 2.66. The molecular weight excluding hydrogens is 312 g/mol. The minimum atomic E-state index is -0.168. The molecule has 0 radical (unpaired) electrons. The highest BCUT2D eigenvalue weighted by Gasteiger charge is 2.18. The molecule has 0 aliphatic heterocycles. The van der Waals surface area contributed by atoms with Gasteiger partial charge in [-0.3, -0.25) is 0 Å². The molecule has 0 spiro atoms. The average Bonchev–Trinajstić information content (AvgIpc) is 2.51. The Hall–Kier alpha value is -2.46. The number of nitrogens with zero attached hydrogens (tertiary/aromatic N) is 2. The Labute approximate surface area is 141 Å². The van der Waals surface area contributed by atoms with Crippen LogP contribution in [0.4, 0.5) is 0 Å². The second kappa shape index (κ2) is 7.20. The van der Waals surface area contributed by atoms with E-state index < -0.39 is 0 Å². The zero-order valence-electron chi connectivity index (χ0n) is 13.3. The molecule has 0 heterocycles. The van der Waals surface area contributed by atoms with Crippen molar-refractivity contribution in [1.29, 1.82) is 0 Å². The molecule has 0 aliphatic carbocycles. The maximum absolute atomic E-state index is 10.2. The fourth-order valence-electron chi connectivity index (χ4n) is 2.25. The summed E-state index contributed by atoms with van der Waals surface area (Å²) >= 11 is 6.01. The van der Waals surface area contributed by atoms with E-state index in [4.69, 9.17) is 11.6 Å². The van der Waals surface area contributed by atoms with E-state index in [0.717, 1.165) is 11.1 Å². The molecule has 0 aromatic heterocycles. The molecule has 0 atom stereocenters. The summed E-state index contributed by atoms with van der Waals surface area (Å²) in [7, 11) is 3.61. The number of hydrogen-bond donors (Lipinski definition) is 2. The fraction of sp³-hybridized carbons (Fsp3) is 0.167. The molecular formula is C18H19ClN2O2. The van der Waals surface area contributed by atoms with Crippen LogP contribution in [-0.2, 0) is 0 Å². The first-order valence-corrected chi connectivity index (χ1v) is 7.51. The standard InChI is InChI=1S/C18H19ClN2O2/c1-4-13(12-8-6-5-7-9-12)18(20-21(2)3)14-10-15(19)17(23)11-16(14)22/h4-11,22-23H,1-3H3/b13-4+,20-18+. The number of phenolic OH excluding ortho intramolecular Hbond substituents is 2. The van der Waals surface area contributed by atoms with Gasteiger partial charge in [0.05, 0.1) is 5.02 Å². The number of halogens is 1. The molecule has 5 heteroatoms. The molecule has 4 nitrogen and oxygen atoms in total. The van der Waals surface area contributed by atoms with Crippen molar-refractivity contribution in [3.8, 4) is 11.5 Å². The van der Waals surface area contributed by atoms with Gasteiger partial charge < -0.3 is 15.2 Å². The SMILES string of the molecule is C/C=C(/C(=N\N(C)C)c1cc(Cl)c(O)cc1O)c1ccccc1. The van der Waals surface area contributed by atoms with Crippen molar-refractivity contribution in [3.63, 3.8) is 0 Å². The molecule has 2 aromatic rings. The van der Waals surface area contributed by atoms with Gasteiger partial charge in [0.25, 0.3) is 0 Å². The molecule has 0 saturated carbocycles. The van der Waals surface area contributed by atoms with Gasteiger partial charge in [-0.05, 0) is 18.6 Å². The molecule has 2 aromatic carbocycles. The van der Waals surface area contributed by atoms with E-state index in [2.05, 4.69) is 5.10 Å². The lowest BCUT2D eigenvalue weighted by Gasteiger charge is -2.16. The summed E-state index contributed by atoms with van der Waals surface area (Å²) < 4.78 is 0. The maximum atomic E-state index is 10.2. The Morgan fingerprint density at radius 3 is 2.30 bits per heavy atom. The number of aromatic hydroxyl groups is 2. The van der Waals surface area contributed by atoms with E-state index in [0.29, 0.717) is 11.3 Å². The van der Waals surface area contributed by atoms with Crippen molar-refractivity contribution in [1.82, 2.24) is 5.01 Å². The summed E-state index contributed by atoms with van der Waals surface area (Å²) in [6.07, 6.45) is 1.93. The highest BCUT2D eigenvalue weighted by Crippen LogP contribution is 2.34. The Morgan fingerprint density at radius 2 is 1.74 bits per heavy atom. The predicted molar refractivity (Wildman–Crippen MR) is 95.1 cm³/mol. The molecule has 0 fully saturated rings. The molecule has 23 heavy (non-hydrogen) atoms. The first-order valence-electron chi connectivity index (χ1n) is 7.14. The number of phenols is 2. The predicted octanol–water partition coefficient (Wildman–Crippen LogP) is 4.12. The van der Waals surface area contributed by atoms with Crippen molar-refractivity contribution in [3.05, 3.63) is 64.7 Å². The lowest BCUT2D eigenvalue weighted by Crippen LogP contribution is -2.12. The van der Waals surface area contributed by atoms with Crippen LogP contribution < -0.4 is 0 Å². The van der Waals surface area contributed by atoms with E-state index in [1.54, 1.807) is 19.1 Å². The lowest BCUT2D eigenvalue weighted by atomic mass is 9.95. The Morgan fingerprint density at radius 1 is 1.09 bits per heavy atom.